The highest BCUT2D eigenvalue weighted by Gasteiger charge is 2.29. The van der Waals surface area contributed by atoms with Crippen LogP contribution in [0, 0.1) is 5.92 Å². The van der Waals surface area contributed by atoms with E-state index in [9.17, 15) is 5.11 Å². The van der Waals surface area contributed by atoms with Crippen LogP contribution in [-0.4, -0.2) is 61.5 Å². The molecule has 0 amide bonds. The molecule has 2 aliphatic rings. The van der Waals surface area contributed by atoms with Gasteiger partial charge in [0.1, 0.15) is 0 Å². The first-order valence-electron chi connectivity index (χ1n) is 6.84. The van der Waals surface area contributed by atoms with Crippen LogP contribution in [0.5, 0.6) is 0 Å². The van der Waals surface area contributed by atoms with Crippen molar-refractivity contribution in [2.24, 2.45) is 5.92 Å². The molecule has 4 nitrogen and oxygen atoms in total. The van der Waals surface area contributed by atoms with Gasteiger partial charge in [-0.05, 0) is 39.2 Å². The van der Waals surface area contributed by atoms with Crippen LogP contribution in [0.25, 0.3) is 0 Å². The van der Waals surface area contributed by atoms with Crippen molar-refractivity contribution in [1.82, 2.24) is 10.2 Å². The molecule has 2 rings (SSSR count). The lowest BCUT2D eigenvalue weighted by Crippen LogP contribution is -2.47. The highest BCUT2D eigenvalue weighted by molar-refractivity contribution is 4.83. The summed E-state index contributed by atoms with van der Waals surface area (Å²) in [4.78, 5) is 2.42. The van der Waals surface area contributed by atoms with Crippen molar-refractivity contribution in [2.45, 2.75) is 44.4 Å². The van der Waals surface area contributed by atoms with Crippen LogP contribution in [-0.2, 0) is 4.74 Å². The summed E-state index contributed by atoms with van der Waals surface area (Å²) in [6.07, 6.45) is 3.09. The lowest BCUT2D eigenvalue weighted by Gasteiger charge is -2.37. The molecule has 0 radical (unpaired) electrons. The molecule has 2 fully saturated rings. The Bertz CT molecular complexity index is 225. The molecule has 1 aliphatic carbocycles. The molecule has 0 bridgehead atoms. The van der Waals surface area contributed by atoms with Crippen molar-refractivity contribution in [2.75, 3.05) is 33.4 Å². The SMILES string of the molecule is CC(CC1COCCN1)N(C)CC1CC(O)C1. The van der Waals surface area contributed by atoms with Crippen molar-refractivity contribution in [3.05, 3.63) is 0 Å². The van der Waals surface area contributed by atoms with Gasteiger partial charge in [0.2, 0.25) is 0 Å². The van der Waals surface area contributed by atoms with E-state index >= 15 is 0 Å². The first-order chi connectivity index (χ1) is 8.15. The maximum absolute atomic E-state index is 9.29. The van der Waals surface area contributed by atoms with E-state index in [2.05, 4.69) is 24.2 Å². The first-order valence-corrected chi connectivity index (χ1v) is 6.84. The number of morpholine rings is 1. The third-order valence-electron chi connectivity index (χ3n) is 4.13. The Hall–Kier alpha value is -0.160. The standard InChI is InChI=1S/C13H26N2O2/c1-10(5-12-9-17-4-3-14-12)15(2)8-11-6-13(16)7-11/h10-14,16H,3-9H2,1-2H3. The fraction of sp³-hybridized carbons (Fsp3) is 1.00. The summed E-state index contributed by atoms with van der Waals surface area (Å²) in [5, 5.41) is 12.8. The minimum atomic E-state index is -0.0304. The average Bonchev–Trinajstić information content (AvgIpc) is 2.28. The van der Waals surface area contributed by atoms with E-state index in [0.29, 0.717) is 18.0 Å². The Morgan fingerprint density at radius 3 is 2.82 bits per heavy atom. The Morgan fingerprint density at radius 1 is 1.47 bits per heavy atom. The molecule has 1 saturated heterocycles. The normalized spacial score (nSPS) is 35.6. The summed E-state index contributed by atoms with van der Waals surface area (Å²) in [5.74, 6) is 0.702. The Kier molecular flexibility index (Phi) is 4.79. The summed E-state index contributed by atoms with van der Waals surface area (Å²) in [6.45, 7) is 6.08. The van der Waals surface area contributed by atoms with Gasteiger partial charge >= 0.3 is 0 Å². The molecule has 17 heavy (non-hydrogen) atoms. The summed E-state index contributed by atoms with van der Waals surface area (Å²) in [6, 6.07) is 1.08. The molecule has 100 valence electrons. The van der Waals surface area contributed by atoms with Gasteiger partial charge in [-0.3, -0.25) is 0 Å². The second kappa shape index (κ2) is 6.14. The highest BCUT2D eigenvalue weighted by Crippen LogP contribution is 2.28. The number of aliphatic hydroxyl groups is 1. The number of nitrogens with zero attached hydrogens (tertiary/aromatic N) is 1. The molecule has 4 heteroatoms. The molecule has 0 spiro atoms. The van der Waals surface area contributed by atoms with Crippen molar-refractivity contribution >= 4 is 0 Å². The van der Waals surface area contributed by atoms with E-state index in [1.807, 2.05) is 0 Å². The number of nitrogens with one attached hydrogen (secondary N) is 1. The third-order valence-corrected chi connectivity index (χ3v) is 4.13. The van der Waals surface area contributed by atoms with Crippen LogP contribution in [0.3, 0.4) is 0 Å². The Balaban J connectivity index is 1.65. The van der Waals surface area contributed by atoms with Gasteiger partial charge in [-0.1, -0.05) is 0 Å². The largest absolute Gasteiger partial charge is 0.393 e. The topological polar surface area (TPSA) is 44.7 Å². The number of rotatable bonds is 5. The predicted octanol–water partition coefficient (Wildman–Crippen LogP) is 0.456. The lowest BCUT2D eigenvalue weighted by molar-refractivity contribution is 0.0185. The van der Waals surface area contributed by atoms with Crippen molar-refractivity contribution in [3.8, 4) is 0 Å². The number of hydrogen-bond donors (Lipinski definition) is 2. The molecule has 0 aromatic carbocycles. The van der Waals surface area contributed by atoms with Gasteiger partial charge in [0.15, 0.2) is 0 Å². The van der Waals surface area contributed by atoms with E-state index in [-0.39, 0.29) is 6.10 Å². The van der Waals surface area contributed by atoms with Crippen LogP contribution in [0.1, 0.15) is 26.2 Å². The summed E-state index contributed by atoms with van der Waals surface area (Å²) in [5.41, 5.74) is 0. The molecular weight excluding hydrogens is 216 g/mol. The predicted molar refractivity (Wildman–Crippen MR) is 68.0 cm³/mol. The molecule has 0 aromatic rings. The number of ether oxygens (including phenoxy) is 1. The quantitative estimate of drug-likeness (QED) is 0.735. The monoisotopic (exact) mass is 242 g/mol. The van der Waals surface area contributed by atoms with Crippen LogP contribution in [0.15, 0.2) is 0 Å². The van der Waals surface area contributed by atoms with E-state index < -0.39 is 0 Å². The van der Waals surface area contributed by atoms with Gasteiger partial charge in [0.05, 0.1) is 19.3 Å². The lowest BCUT2D eigenvalue weighted by atomic mass is 9.82. The van der Waals surface area contributed by atoms with Crippen molar-refractivity contribution < 1.29 is 9.84 Å². The molecule has 1 saturated carbocycles. The van der Waals surface area contributed by atoms with Gasteiger partial charge in [0, 0.05) is 25.2 Å². The zero-order valence-electron chi connectivity index (χ0n) is 11.1. The fourth-order valence-corrected chi connectivity index (χ4v) is 2.80. The first kappa shape index (κ1) is 13.3. The summed E-state index contributed by atoms with van der Waals surface area (Å²) >= 11 is 0. The molecule has 2 unspecified atom stereocenters. The fourth-order valence-electron chi connectivity index (χ4n) is 2.80. The molecule has 2 atom stereocenters. The average molecular weight is 242 g/mol. The van der Waals surface area contributed by atoms with Crippen LogP contribution < -0.4 is 5.32 Å². The second-order valence-electron chi connectivity index (χ2n) is 5.74. The van der Waals surface area contributed by atoms with Gasteiger partial charge < -0.3 is 20.1 Å². The molecule has 1 heterocycles. The Labute approximate surface area is 104 Å². The van der Waals surface area contributed by atoms with E-state index in [4.69, 9.17) is 4.74 Å². The zero-order chi connectivity index (χ0) is 12.3. The third kappa shape index (κ3) is 3.91. The number of aliphatic hydroxyl groups excluding tert-OH is 1. The van der Waals surface area contributed by atoms with Crippen LogP contribution in [0.4, 0.5) is 0 Å². The van der Waals surface area contributed by atoms with Crippen molar-refractivity contribution in [1.29, 1.82) is 0 Å². The Morgan fingerprint density at radius 2 is 2.24 bits per heavy atom. The molecule has 0 aromatic heterocycles. The minimum Gasteiger partial charge on any atom is -0.393 e. The molecule has 1 aliphatic heterocycles. The highest BCUT2D eigenvalue weighted by atomic mass is 16.5. The second-order valence-corrected chi connectivity index (χ2v) is 5.74. The van der Waals surface area contributed by atoms with Crippen molar-refractivity contribution in [3.63, 3.8) is 0 Å². The van der Waals surface area contributed by atoms with Crippen LogP contribution >= 0.6 is 0 Å². The maximum Gasteiger partial charge on any atom is 0.0620 e. The van der Waals surface area contributed by atoms with Gasteiger partial charge in [-0.25, -0.2) is 0 Å². The smallest absolute Gasteiger partial charge is 0.0620 e. The van der Waals surface area contributed by atoms with E-state index in [1.165, 1.54) is 0 Å². The van der Waals surface area contributed by atoms with Crippen LogP contribution in [0.2, 0.25) is 0 Å². The maximum atomic E-state index is 9.29. The van der Waals surface area contributed by atoms with Gasteiger partial charge in [-0.2, -0.15) is 0 Å². The summed E-state index contributed by atoms with van der Waals surface area (Å²) in [7, 11) is 2.19. The van der Waals surface area contributed by atoms with E-state index in [0.717, 1.165) is 45.6 Å². The zero-order valence-corrected chi connectivity index (χ0v) is 11.1. The number of hydrogen-bond acceptors (Lipinski definition) is 4. The van der Waals surface area contributed by atoms with Gasteiger partial charge in [0.25, 0.3) is 0 Å². The minimum absolute atomic E-state index is 0.0304. The molecule has 2 N–H and O–H groups in total. The summed E-state index contributed by atoms with van der Waals surface area (Å²) < 4.78 is 5.48. The van der Waals surface area contributed by atoms with E-state index in [1.54, 1.807) is 0 Å². The molecular formula is C13H26N2O2. The van der Waals surface area contributed by atoms with Gasteiger partial charge in [-0.15, -0.1) is 0 Å².